The molecule has 0 fully saturated rings. The van der Waals surface area contributed by atoms with E-state index in [1.165, 1.54) is 44.9 Å². The highest BCUT2D eigenvalue weighted by molar-refractivity contribution is 5.96. The van der Waals surface area contributed by atoms with Crippen molar-refractivity contribution in [2.45, 2.75) is 77.7 Å². The van der Waals surface area contributed by atoms with Gasteiger partial charge < -0.3 is 0 Å². The SMILES string of the molecule is CCCCCCCCCCCC(=O)c1cccc[n+]1CC(=O)c1ccccc1. The smallest absolute Gasteiger partial charge is 0.249 e. The number of pyridine rings is 1. The second-order valence-corrected chi connectivity index (χ2v) is 7.50. The lowest BCUT2D eigenvalue weighted by Crippen LogP contribution is -2.43. The van der Waals surface area contributed by atoms with Crippen LogP contribution in [-0.2, 0) is 6.54 Å². The molecule has 0 atom stereocenters. The molecule has 0 aliphatic rings. The van der Waals surface area contributed by atoms with Crippen molar-refractivity contribution >= 4 is 11.6 Å². The zero-order chi connectivity index (χ0) is 20.0. The first-order chi connectivity index (χ1) is 13.7. The van der Waals surface area contributed by atoms with Gasteiger partial charge in [0.15, 0.2) is 6.20 Å². The zero-order valence-corrected chi connectivity index (χ0v) is 17.2. The van der Waals surface area contributed by atoms with Crippen LogP contribution in [-0.4, -0.2) is 11.6 Å². The maximum Gasteiger partial charge on any atom is 0.249 e. The number of ketones is 2. The highest BCUT2D eigenvalue weighted by atomic mass is 16.1. The Kier molecular flexibility index (Phi) is 10.2. The number of rotatable bonds is 14. The van der Waals surface area contributed by atoms with Gasteiger partial charge in [-0.2, -0.15) is 4.57 Å². The number of Topliss-reactive ketones (excluding diaryl/α,β-unsaturated/α-hetero) is 2. The average Bonchev–Trinajstić information content (AvgIpc) is 2.73. The molecule has 0 aliphatic heterocycles. The molecule has 3 heteroatoms. The van der Waals surface area contributed by atoms with E-state index in [9.17, 15) is 9.59 Å². The predicted octanol–water partition coefficient (Wildman–Crippen LogP) is 5.96. The molecule has 1 aromatic heterocycles. The maximum atomic E-state index is 12.7. The minimum absolute atomic E-state index is 0.0222. The number of aromatic nitrogens is 1. The van der Waals surface area contributed by atoms with Crippen LogP contribution in [0, 0.1) is 0 Å². The van der Waals surface area contributed by atoms with Gasteiger partial charge in [-0.25, -0.2) is 0 Å². The van der Waals surface area contributed by atoms with Crippen molar-refractivity contribution in [1.82, 2.24) is 0 Å². The Morgan fingerprint density at radius 3 is 2.00 bits per heavy atom. The Hall–Kier alpha value is -2.29. The third-order valence-corrected chi connectivity index (χ3v) is 5.14. The summed E-state index contributed by atoms with van der Waals surface area (Å²) in [5.74, 6) is 0.151. The van der Waals surface area contributed by atoms with Gasteiger partial charge in [0.2, 0.25) is 23.8 Å². The van der Waals surface area contributed by atoms with Gasteiger partial charge in [-0.3, -0.25) is 9.59 Å². The first-order valence-electron chi connectivity index (χ1n) is 10.8. The molecular weight excluding hydrogens is 346 g/mol. The third-order valence-electron chi connectivity index (χ3n) is 5.14. The summed E-state index contributed by atoms with van der Waals surface area (Å²) in [6.07, 6.45) is 13.5. The lowest BCUT2D eigenvalue weighted by molar-refractivity contribution is -0.685. The third kappa shape index (κ3) is 7.75. The van der Waals surface area contributed by atoms with E-state index in [4.69, 9.17) is 0 Å². The second kappa shape index (κ2) is 13.0. The summed E-state index contributed by atoms with van der Waals surface area (Å²) >= 11 is 0. The molecule has 0 aliphatic carbocycles. The van der Waals surface area contributed by atoms with Crippen LogP contribution in [0.25, 0.3) is 0 Å². The van der Waals surface area contributed by atoms with Crippen LogP contribution in [0.3, 0.4) is 0 Å². The number of hydrogen-bond acceptors (Lipinski definition) is 2. The first-order valence-corrected chi connectivity index (χ1v) is 10.8. The van der Waals surface area contributed by atoms with Crippen molar-refractivity contribution in [3.8, 4) is 0 Å². The topological polar surface area (TPSA) is 38.0 Å². The van der Waals surface area contributed by atoms with Gasteiger partial charge in [0, 0.05) is 24.1 Å². The summed E-state index contributed by atoms with van der Waals surface area (Å²) in [5, 5.41) is 0. The molecule has 0 bridgehead atoms. The number of carbonyl (C=O) groups is 2. The standard InChI is InChI=1S/C25H34NO2/c1-2-3-4-5-6-7-8-9-13-19-24(27)23-18-14-15-20-26(23)21-25(28)22-16-11-10-12-17-22/h10-12,14-18,20H,2-9,13,19,21H2,1H3/q+1. The van der Waals surface area contributed by atoms with Crippen LogP contribution in [0.15, 0.2) is 54.7 Å². The fraction of sp³-hybridized carbons (Fsp3) is 0.480. The molecule has 0 spiro atoms. The van der Waals surface area contributed by atoms with E-state index in [1.807, 2.05) is 54.7 Å². The van der Waals surface area contributed by atoms with Crippen molar-refractivity contribution < 1.29 is 14.2 Å². The van der Waals surface area contributed by atoms with Crippen LogP contribution < -0.4 is 4.57 Å². The Morgan fingerprint density at radius 2 is 1.32 bits per heavy atom. The van der Waals surface area contributed by atoms with E-state index in [2.05, 4.69) is 6.92 Å². The van der Waals surface area contributed by atoms with Crippen molar-refractivity contribution in [2.75, 3.05) is 0 Å². The van der Waals surface area contributed by atoms with Gasteiger partial charge in [0.25, 0.3) is 0 Å². The molecule has 0 N–H and O–H groups in total. The number of benzene rings is 1. The number of hydrogen-bond donors (Lipinski definition) is 0. The molecule has 0 saturated heterocycles. The molecule has 0 unspecified atom stereocenters. The number of unbranched alkanes of at least 4 members (excludes halogenated alkanes) is 8. The van der Waals surface area contributed by atoms with Crippen LogP contribution in [0.1, 0.15) is 92.0 Å². The van der Waals surface area contributed by atoms with E-state index in [1.54, 1.807) is 4.57 Å². The molecule has 150 valence electrons. The minimum atomic E-state index is 0.0222. The molecule has 2 rings (SSSR count). The maximum absolute atomic E-state index is 12.7. The van der Waals surface area contributed by atoms with Gasteiger partial charge >= 0.3 is 0 Å². The quantitative estimate of drug-likeness (QED) is 0.230. The highest BCUT2D eigenvalue weighted by Gasteiger charge is 2.21. The summed E-state index contributed by atoms with van der Waals surface area (Å²) in [7, 11) is 0. The van der Waals surface area contributed by atoms with Crippen molar-refractivity contribution in [1.29, 1.82) is 0 Å². The Balaban J connectivity index is 1.77. The van der Waals surface area contributed by atoms with Gasteiger partial charge in [0.05, 0.1) is 0 Å². The first kappa shape index (κ1) is 22.0. The van der Waals surface area contributed by atoms with Gasteiger partial charge in [-0.1, -0.05) is 88.6 Å². The molecular formula is C25H34NO2+. The number of nitrogens with zero attached hydrogens (tertiary/aromatic N) is 1. The van der Waals surface area contributed by atoms with E-state index in [0.717, 1.165) is 12.8 Å². The normalized spacial score (nSPS) is 10.8. The molecule has 3 nitrogen and oxygen atoms in total. The summed E-state index contributed by atoms with van der Waals surface area (Å²) in [5.41, 5.74) is 1.31. The zero-order valence-electron chi connectivity index (χ0n) is 17.2. The second-order valence-electron chi connectivity index (χ2n) is 7.50. The molecule has 2 aromatic rings. The summed E-state index contributed by atoms with van der Waals surface area (Å²) in [6, 6.07) is 14.8. The van der Waals surface area contributed by atoms with E-state index >= 15 is 0 Å². The van der Waals surface area contributed by atoms with E-state index < -0.39 is 0 Å². The van der Waals surface area contributed by atoms with E-state index in [0.29, 0.717) is 17.7 Å². The van der Waals surface area contributed by atoms with Crippen molar-refractivity contribution in [2.24, 2.45) is 0 Å². The lowest BCUT2D eigenvalue weighted by Gasteiger charge is -2.04. The molecule has 28 heavy (non-hydrogen) atoms. The lowest BCUT2D eigenvalue weighted by atomic mass is 10.0. The largest absolute Gasteiger partial charge is 0.287 e. The van der Waals surface area contributed by atoms with Crippen molar-refractivity contribution in [3.05, 3.63) is 66.0 Å². The Labute approximate surface area is 169 Å². The van der Waals surface area contributed by atoms with Gasteiger partial charge in [-0.15, -0.1) is 0 Å². The van der Waals surface area contributed by atoms with E-state index in [-0.39, 0.29) is 18.1 Å². The Morgan fingerprint density at radius 1 is 0.714 bits per heavy atom. The number of carbonyl (C=O) groups excluding carboxylic acids is 2. The summed E-state index contributed by atoms with van der Waals surface area (Å²) < 4.78 is 1.78. The monoisotopic (exact) mass is 380 g/mol. The summed E-state index contributed by atoms with van der Waals surface area (Å²) in [4.78, 5) is 25.1. The molecule has 0 amide bonds. The Bertz CT molecular complexity index is 724. The molecule has 1 heterocycles. The average molecular weight is 381 g/mol. The van der Waals surface area contributed by atoms with Crippen LogP contribution in [0.5, 0.6) is 0 Å². The molecule has 0 radical (unpaired) electrons. The van der Waals surface area contributed by atoms with Gasteiger partial charge in [0.1, 0.15) is 0 Å². The minimum Gasteiger partial charge on any atom is -0.287 e. The highest BCUT2D eigenvalue weighted by Crippen LogP contribution is 2.12. The van der Waals surface area contributed by atoms with Crippen molar-refractivity contribution in [3.63, 3.8) is 0 Å². The van der Waals surface area contributed by atoms with Crippen LogP contribution in [0.2, 0.25) is 0 Å². The molecule has 0 saturated carbocycles. The summed E-state index contributed by atoms with van der Waals surface area (Å²) in [6.45, 7) is 2.44. The van der Waals surface area contributed by atoms with Crippen LogP contribution in [0.4, 0.5) is 0 Å². The predicted molar refractivity (Wildman–Crippen MR) is 114 cm³/mol. The fourth-order valence-electron chi connectivity index (χ4n) is 3.46. The van der Waals surface area contributed by atoms with Gasteiger partial charge in [-0.05, 0) is 12.5 Å². The fourth-order valence-corrected chi connectivity index (χ4v) is 3.46. The van der Waals surface area contributed by atoms with Crippen LogP contribution >= 0.6 is 0 Å². The molecule has 1 aromatic carbocycles.